The Morgan fingerprint density at radius 2 is 2.03 bits per heavy atom. The molecule has 0 aliphatic carbocycles. The van der Waals surface area contributed by atoms with E-state index in [4.69, 9.17) is 42.8 Å². The maximum Gasteiger partial charge on any atom is 0.266 e. The number of halogens is 2. The van der Waals surface area contributed by atoms with Gasteiger partial charge >= 0.3 is 0 Å². The molecule has 3 N–H and O–H groups in total. The molecule has 3 rings (SSSR count). The van der Waals surface area contributed by atoms with Crippen LogP contribution < -0.4 is 15.6 Å². The first-order valence-corrected chi connectivity index (χ1v) is 12.4. The summed E-state index contributed by atoms with van der Waals surface area (Å²) in [5, 5.41) is 9.79. The molecule has 1 amide bonds. The standard InChI is InChI=1S/C26H31Cl2N3O4/c1-3-5-14-29-31-25(33)26(13-4-2)23(21-12-9-19(27)17-22(21)28)35-24(30-26)18-7-10-20(11-8-18)34-16-6-15-32/h4,7-12,17,23,29,32H,2-3,5-6,13-16H2,1H3,(H,31,33)/t23-,26-/m0/s1. The van der Waals surface area contributed by atoms with Gasteiger partial charge in [-0.3, -0.25) is 10.2 Å². The smallest absolute Gasteiger partial charge is 0.266 e. The lowest BCUT2D eigenvalue weighted by Gasteiger charge is -2.30. The molecule has 2 aromatic rings. The van der Waals surface area contributed by atoms with Gasteiger partial charge in [0.15, 0.2) is 11.6 Å². The van der Waals surface area contributed by atoms with Crippen LogP contribution in [-0.2, 0) is 9.53 Å². The van der Waals surface area contributed by atoms with Crippen molar-refractivity contribution in [2.45, 2.75) is 44.2 Å². The molecule has 0 spiro atoms. The van der Waals surface area contributed by atoms with Gasteiger partial charge in [0.2, 0.25) is 5.90 Å². The molecule has 2 aromatic carbocycles. The predicted octanol–water partition coefficient (Wildman–Crippen LogP) is 5.01. The van der Waals surface area contributed by atoms with Gasteiger partial charge < -0.3 is 14.6 Å². The molecule has 0 fully saturated rings. The van der Waals surface area contributed by atoms with Crippen molar-refractivity contribution in [1.82, 2.24) is 10.9 Å². The van der Waals surface area contributed by atoms with Crippen LogP contribution in [0, 0.1) is 0 Å². The van der Waals surface area contributed by atoms with Crippen LogP contribution in [0.4, 0.5) is 0 Å². The molecular weight excluding hydrogens is 489 g/mol. The van der Waals surface area contributed by atoms with Gasteiger partial charge in [0.25, 0.3) is 5.91 Å². The van der Waals surface area contributed by atoms with Gasteiger partial charge in [0.1, 0.15) is 5.75 Å². The number of aliphatic hydroxyl groups excluding tert-OH is 1. The van der Waals surface area contributed by atoms with Gasteiger partial charge in [0.05, 0.1) is 6.61 Å². The summed E-state index contributed by atoms with van der Waals surface area (Å²) in [5.74, 6) is 0.630. The van der Waals surface area contributed by atoms with Gasteiger partial charge in [-0.1, -0.05) is 48.7 Å². The van der Waals surface area contributed by atoms with Crippen molar-refractivity contribution in [3.63, 3.8) is 0 Å². The van der Waals surface area contributed by atoms with E-state index in [0.717, 1.165) is 12.8 Å². The Bertz CT molecular complexity index is 1050. The fourth-order valence-electron chi connectivity index (χ4n) is 3.74. The number of nitrogens with zero attached hydrogens (tertiary/aromatic N) is 1. The van der Waals surface area contributed by atoms with E-state index in [-0.39, 0.29) is 18.9 Å². The van der Waals surface area contributed by atoms with Crippen LogP contribution in [0.5, 0.6) is 5.75 Å². The van der Waals surface area contributed by atoms with Crippen LogP contribution in [0.15, 0.2) is 60.1 Å². The number of hydrogen-bond donors (Lipinski definition) is 3. The van der Waals surface area contributed by atoms with E-state index in [1.807, 2.05) is 12.1 Å². The molecule has 0 aromatic heterocycles. The summed E-state index contributed by atoms with van der Waals surface area (Å²) in [6.45, 7) is 7.05. The summed E-state index contributed by atoms with van der Waals surface area (Å²) in [5.41, 5.74) is 5.73. The normalized spacial score (nSPS) is 19.1. The third-order valence-corrected chi connectivity index (χ3v) is 6.15. The van der Waals surface area contributed by atoms with Crippen LogP contribution in [-0.4, -0.2) is 42.2 Å². The predicted molar refractivity (Wildman–Crippen MR) is 139 cm³/mol. The molecule has 9 heteroatoms. The van der Waals surface area contributed by atoms with Crippen molar-refractivity contribution in [1.29, 1.82) is 0 Å². The van der Waals surface area contributed by atoms with Gasteiger partial charge in [-0.05, 0) is 42.8 Å². The quantitative estimate of drug-likeness (QED) is 0.196. The fourth-order valence-corrected chi connectivity index (χ4v) is 4.25. The Hall–Kier alpha value is -2.58. The third-order valence-electron chi connectivity index (χ3n) is 5.59. The minimum absolute atomic E-state index is 0.0676. The van der Waals surface area contributed by atoms with Gasteiger partial charge in [0, 0.05) is 47.2 Å². The van der Waals surface area contributed by atoms with E-state index in [0.29, 0.717) is 52.4 Å². The number of amides is 1. The van der Waals surface area contributed by atoms with Crippen LogP contribution in [0.25, 0.3) is 0 Å². The lowest BCUT2D eigenvalue weighted by Crippen LogP contribution is -2.52. The first kappa shape index (κ1) is 27.0. The highest BCUT2D eigenvalue weighted by atomic mass is 35.5. The number of carbonyl (C=O) groups excluding carboxylic acids is 1. The van der Waals surface area contributed by atoms with Crippen molar-refractivity contribution in [3.05, 3.63) is 76.3 Å². The molecule has 0 saturated carbocycles. The van der Waals surface area contributed by atoms with Crippen molar-refractivity contribution in [3.8, 4) is 5.75 Å². The summed E-state index contributed by atoms with van der Waals surface area (Å²) in [7, 11) is 0. The zero-order chi connectivity index (χ0) is 25.3. The zero-order valence-corrected chi connectivity index (χ0v) is 21.2. The average Bonchev–Trinajstić information content (AvgIpc) is 3.23. The number of benzene rings is 2. The number of ether oxygens (including phenoxy) is 2. The number of hydrazine groups is 1. The van der Waals surface area contributed by atoms with Crippen molar-refractivity contribution in [2.24, 2.45) is 4.99 Å². The topological polar surface area (TPSA) is 92.2 Å². The summed E-state index contributed by atoms with van der Waals surface area (Å²) >= 11 is 12.7. The average molecular weight is 520 g/mol. The molecule has 7 nitrogen and oxygen atoms in total. The number of carbonyl (C=O) groups is 1. The molecule has 0 saturated heterocycles. The lowest BCUT2D eigenvalue weighted by molar-refractivity contribution is -0.129. The minimum atomic E-state index is -1.33. The Balaban J connectivity index is 1.96. The van der Waals surface area contributed by atoms with E-state index in [2.05, 4.69) is 24.4 Å². The van der Waals surface area contributed by atoms with E-state index in [1.165, 1.54) is 0 Å². The second-order valence-electron chi connectivity index (χ2n) is 8.18. The number of aliphatic hydroxyl groups is 1. The highest BCUT2D eigenvalue weighted by Gasteiger charge is 2.53. The number of unbranched alkanes of at least 4 members (excludes halogenated alkanes) is 1. The monoisotopic (exact) mass is 519 g/mol. The van der Waals surface area contributed by atoms with Crippen LogP contribution in [0.1, 0.15) is 49.8 Å². The fraction of sp³-hybridized carbons (Fsp3) is 0.385. The molecule has 1 heterocycles. The molecule has 0 bridgehead atoms. The Morgan fingerprint density at radius 3 is 2.69 bits per heavy atom. The van der Waals surface area contributed by atoms with Crippen LogP contribution >= 0.6 is 23.2 Å². The molecule has 35 heavy (non-hydrogen) atoms. The minimum Gasteiger partial charge on any atom is -0.494 e. The number of nitrogens with one attached hydrogen (secondary N) is 2. The molecular formula is C26H31Cl2N3O4. The SMILES string of the molecule is C=CC[C@]1(C(=O)NNCCCC)N=C(c2ccc(OCCCO)cc2)O[C@H]1c1ccc(Cl)cc1Cl. The third kappa shape index (κ3) is 6.55. The molecule has 1 aliphatic rings. The second kappa shape index (κ2) is 12.9. The van der Waals surface area contributed by atoms with E-state index in [1.54, 1.807) is 36.4 Å². The lowest BCUT2D eigenvalue weighted by atomic mass is 9.84. The van der Waals surface area contributed by atoms with Crippen LogP contribution in [0.2, 0.25) is 10.0 Å². The van der Waals surface area contributed by atoms with Gasteiger partial charge in [-0.15, -0.1) is 6.58 Å². The Labute approximate surface area is 216 Å². The largest absolute Gasteiger partial charge is 0.494 e. The summed E-state index contributed by atoms with van der Waals surface area (Å²) in [4.78, 5) is 18.4. The first-order valence-electron chi connectivity index (χ1n) is 11.6. The van der Waals surface area contributed by atoms with E-state index >= 15 is 0 Å². The van der Waals surface area contributed by atoms with Crippen molar-refractivity contribution in [2.75, 3.05) is 19.8 Å². The maximum absolute atomic E-state index is 13.5. The molecule has 2 atom stereocenters. The summed E-state index contributed by atoms with van der Waals surface area (Å²) < 4.78 is 11.9. The molecule has 1 aliphatic heterocycles. The summed E-state index contributed by atoms with van der Waals surface area (Å²) in [6.07, 6.45) is 3.54. The highest BCUT2D eigenvalue weighted by Crippen LogP contribution is 2.45. The van der Waals surface area contributed by atoms with Gasteiger partial charge in [-0.2, -0.15) is 0 Å². The number of hydrogen-bond acceptors (Lipinski definition) is 6. The van der Waals surface area contributed by atoms with E-state index in [9.17, 15) is 4.79 Å². The highest BCUT2D eigenvalue weighted by molar-refractivity contribution is 6.35. The zero-order valence-electron chi connectivity index (χ0n) is 19.7. The molecule has 188 valence electrons. The maximum atomic E-state index is 13.5. The van der Waals surface area contributed by atoms with E-state index < -0.39 is 11.6 Å². The first-order chi connectivity index (χ1) is 16.9. The summed E-state index contributed by atoms with van der Waals surface area (Å²) in [6, 6.07) is 12.3. The Morgan fingerprint density at radius 1 is 1.26 bits per heavy atom. The van der Waals surface area contributed by atoms with Crippen molar-refractivity contribution < 1.29 is 19.4 Å². The van der Waals surface area contributed by atoms with Crippen LogP contribution in [0.3, 0.4) is 0 Å². The molecule has 0 unspecified atom stereocenters. The second-order valence-corrected chi connectivity index (χ2v) is 9.03. The van der Waals surface area contributed by atoms with Crippen molar-refractivity contribution >= 4 is 35.0 Å². The van der Waals surface area contributed by atoms with Gasteiger partial charge in [-0.25, -0.2) is 10.4 Å². The number of rotatable bonds is 13. The molecule has 0 radical (unpaired) electrons. The number of aliphatic imine (C=N–C) groups is 1. The Kier molecular flexibility index (Phi) is 9.98.